The summed E-state index contributed by atoms with van der Waals surface area (Å²) in [5, 5.41) is 3.59. The van der Waals surface area contributed by atoms with Crippen LogP contribution >= 0.6 is 0 Å². The predicted molar refractivity (Wildman–Crippen MR) is 91.3 cm³/mol. The number of rotatable bonds is 16. The van der Waals surface area contributed by atoms with E-state index in [0.717, 1.165) is 5.92 Å². The molecule has 0 atom stereocenters. The van der Waals surface area contributed by atoms with E-state index >= 15 is 0 Å². The first kappa shape index (κ1) is 18.0. The molecule has 0 aromatic carbocycles. The average Bonchev–Trinajstić information content (AvgIpc) is 3.27. The summed E-state index contributed by atoms with van der Waals surface area (Å²) in [4.78, 5) is 0. The third-order valence-electron chi connectivity index (χ3n) is 4.62. The Hall–Kier alpha value is -0.0400. The molecule has 1 saturated carbocycles. The van der Waals surface area contributed by atoms with Gasteiger partial charge in [-0.25, -0.2) is 0 Å². The molecule has 1 nitrogen and oxygen atoms in total. The van der Waals surface area contributed by atoms with E-state index in [1.807, 2.05) is 0 Å². The smallest absolute Gasteiger partial charge is 0.00489 e. The predicted octanol–water partition coefficient (Wildman–Crippen LogP) is 6.08. The molecule has 0 aliphatic heterocycles. The summed E-state index contributed by atoms with van der Waals surface area (Å²) in [6, 6.07) is 0. The summed E-state index contributed by atoms with van der Waals surface area (Å²) in [6.07, 6.45) is 21.8. The minimum atomic E-state index is 1.14. The Morgan fingerprint density at radius 3 is 1.70 bits per heavy atom. The third kappa shape index (κ3) is 13.0. The zero-order valence-corrected chi connectivity index (χ0v) is 14.1. The Bertz CT molecular complexity index is 186. The van der Waals surface area contributed by atoms with Crippen LogP contribution in [0.1, 0.15) is 103 Å². The molecule has 0 spiro atoms. The van der Waals surface area contributed by atoms with Gasteiger partial charge in [-0.2, -0.15) is 0 Å². The summed E-state index contributed by atoms with van der Waals surface area (Å²) in [7, 11) is 0. The molecule has 0 aromatic heterocycles. The second-order valence-electron chi connectivity index (χ2n) is 6.87. The molecule has 20 heavy (non-hydrogen) atoms. The summed E-state index contributed by atoms with van der Waals surface area (Å²) < 4.78 is 0. The highest BCUT2D eigenvalue weighted by atomic mass is 14.8. The van der Waals surface area contributed by atoms with Crippen molar-refractivity contribution in [2.45, 2.75) is 103 Å². The van der Waals surface area contributed by atoms with Gasteiger partial charge in [0.15, 0.2) is 0 Å². The van der Waals surface area contributed by atoms with Crippen molar-refractivity contribution in [3.8, 4) is 0 Å². The van der Waals surface area contributed by atoms with E-state index in [0.29, 0.717) is 0 Å². The van der Waals surface area contributed by atoms with Crippen LogP contribution in [0.4, 0.5) is 0 Å². The lowest BCUT2D eigenvalue weighted by Crippen LogP contribution is -2.16. The van der Waals surface area contributed by atoms with Crippen molar-refractivity contribution in [2.24, 2.45) is 5.92 Å². The topological polar surface area (TPSA) is 12.0 Å². The highest BCUT2D eigenvalue weighted by Gasteiger charge is 2.19. The summed E-state index contributed by atoms with van der Waals surface area (Å²) in [5.74, 6) is 1.14. The normalized spacial score (nSPS) is 14.8. The molecule has 0 saturated heterocycles. The van der Waals surface area contributed by atoms with Crippen LogP contribution < -0.4 is 5.32 Å². The first-order chi connectivity index (χ1) is 9.93. The summed E-state index contributed by atoms with van der Waals surface area (Å²) in [5.41, 5.74) is 0. The number of unbranched alkanes of at least 4 members (excludes halogenated alkanes) is 10. The molecule has 0 radical (unpaired) electrons. The lowest BCUT2D eigenvalue weighted by atomic mass is 10.1. The maximum absolute atomic E-state index is 3.59. The Labute approximate surface area is 128 Å². The first-order valence-electron chi connectivity index (χ1n) is 9.64. The summed E-state index contributed by atoms with van der Waals surface area (Å²) >= 11 is 0. The van der Waals surface area contributed by atoms with Crippen LogP contribution in [-0.4, -0.2) is 13.1 Å². The molecule has 1 fully saturated rings. The van der Waals surface area contributed by atoms with Crippen LogP contribution in [0.15, 0.2) is 0 Å². The van der Waals surface area contributed by atoms with Gasteiger partial charge < -0.3 is 5.32 Å². The fourth-order valence-corrected chi connectivity index (χ4v) is 2.95. The third-order valence-corrected chi connectivity index (χ3v) is 4.62. The Morgan fingerprint density at radius 1 is 0.650 bits per heavy atom. The second kappa shape index (κ2) is 13.9. The van der Waals surface area contributed by atoms with Crippen molar-refractivity contribution in [1.82, 2.24) is 5.32 Å². The lowest BCUT2D eigenvalue weighted by Gasteiger charge is -2.05. The van der Waals surface area contributed by atoms with E-state index in [9.17, 15) is 0 Å². The first-order valence-corrected chi connectivity index (χ1v) is 9.64. The Balaban J connectivity index is 1.60. The molecular weight excluding hydrogens is 242 g/mol. The SMILES string of the molecule is CCCCCCCNCCCCCCCCCC1CC1. The molecule has 0 bridgehead atoms. The van der Waals surface area contributed by atoms with Gasteiger partial charge in [-0.05, 0) is 31.8 Å². The van der Waals surface area contributed by atoms with Crippen molar-refractivity contribution in [3.63, 3.8) is 0 Å². The molecule has 1 heteroatoms. The maximum Gasteiger partial charge on any atom is -0.00489 e. The molecule has 120 valence electrons. The van der Waals surface area contributed by atoms with Gasteiger partial charge in [0.25, 0.3) is 0 Å². The molecule has 0 unspecified atom stereocenters. The van der Waals surface area contributed by atoms with E-state index in [2.05, 4.69) is 12.2 Å². The summed E-state index contributed by atoms with van der Waals surface area (Å²) in [6.45, 7) is 4.77. The van der Waals surface area contributed by atoms with Gasteiger partial charge in [0.1, 0.15) is 0 Å². The standard InChI is InChI=1S/C19H39N/c1-2-3-4-9-12-17-20-18-13-10-7-5-6-8-11-14-19-15-16-19/h19-20H,2-18H2,1H3. The number of hydrogen-bond donors (Lipinski definition) is 1. The van der Waals surface area contributed by atoms with Gasteiger partial charge in [0.2, 0.25) is 0 Å². The van der Waals surface area contributed by atoms with Crippen molar-refractivity contribution >= 4 is 0 Å². The molecule has 1 N–H and O–H groups in total. The zero-order chi connectivity index (χ0) is 14.3. The molecule has 0 aromatic rings. The fourth-order valence-electron chi connectivity index (χ4n) is 2.95. The molecular formula is C19H39N. The Morgan fingerprint density at radius 2 is 1.15 bits per heavy atom. The molecule has 1 rings (SSSR count). The molecule has 0 amide bonds. The minimum absolute atomic E-state index is 1.14. The lowest BCUT2D eigenvalue weighted by molar-refractivity contribution is 0.532. The highest BCUT2D eigenvalue weighted by Crippen LogP contribution is 2.34. The van der Waals surface area contributed by atoms with E-state index in [-0.39, 0.29) is 0 Å². The zero-order valence-electron chi connectivity index (χ0n) is 14.1. The van der Waals surface area contributed by atoms with Crippen LogP contribution in [-0.2, 0) is 0 Å². The van der Waals surface area contributed by atoms with E-state index in [1.165, 1.54) is 109 Å². The van der Waals surface area contributed by atoms with Gasteiger partial charge in [-0.1, -0.05) is 90.4 Å². The van der Waals surface area contributed by atoms with E-state index in [1.54, 1.807) is 0 Å². The highest BCUT2D eigenvalue weighted by molar-refractivity contribution is 4.72. The quantitative estimate of drug-likeness (QED) is 0.338. The van der Waals surface area contributed by atoms with Gasteiger partial charge in [0.05, 0.1) is 0 Å². The van der Waals surface area contributed by atoms with Crippen molar-refractivity contribution in [1.29, 1.82) is 0 Å². The van der Waals surface area contributed by atoms with Gasteiger partial charge in [0, 0.05) is 0 Å². The molecule has 0 heterocycles. The van der Waals surface area contributed by atoms with Crippen LogP contribution in [0.25, 0.3) is 0 Å². The van der Waals surface area contributed by atoms with Crippen molar-refractivity contribution < 1.29 is 0 Å². The van der Waals surface area contributed by atoms with Gasteiger partial charge in [-0.3, -0.25) is 0 Å². The average molecular weight is 282 g/mol. The Kier molecular flexibility index (Phi) is 12.5. The minimum Gasteiger partial charge on any atom is -0.317 e. The largest absolute Gasteiger partial charge is 0.317 e. The molecule has 1 aliphatic carbocycles. The fraction of sp³-hybridized carbons (Fsp3) is 1.00. The van der Waals surface area contributed by atoms with Crippen LogP contribution in [0.2, 0.25) is 0 Å². The van der Waals surface area contributed by atoms with Crippen molar-refractivity contribution in [3.05, 3.63) is 0 Å². The number of nitrogens with one attached hydrogen (secondary N) is 1. The van der Waals surface area contributed by atoms with Gasteiger partial charge >= 0.3 is 0 Å². The maximum atomic E-state index is 3.59. The van der Waals surface area contributed by atoms with E-state index in [4.69, 9.17) is 0 Å². The second-order valence-corrected chi connectivity index (χ2v) is 6.87. The van der Waals surface area contributed by atoms with Crippen LogP contribution in [0.3, 0.4) is 0 Å². The monoisotopic (exact) mass is 281 g/mol. The van der Waals surface area contributed by atoms with Crippen LogP contribution in [0.5, 0.6) is 0 Å². The van der Waals surface area contributed by atoms with E-state index < -0.39 is 0 Å². The molecule has 1 aliphatic rings. The van der Waals surface area contributed by atoms with Crippen LogP contribution in [0, 0.1) is 5.92 Å². The van der Waals surface area contributed by atoms with Gasteiger partial charge in [-0.15, -0.1) is 0 Å². The van der Waals surface area contributed by atoms with Crippen molar-refractivity contribution in [2.75, 3.05) is 13.1 Å². The number of hydrogen-bond acceptors (Lipinski definition) is 1.